The summed E-state index contributed by atoms with van der Waals surface area (Å²) >= 11 is 0. The summed E-state index contributed by atoms with van der Waals surface area (Å²) in [6, 6.07) is 8.65. The number of carbonyl (C=O) groups is 1. The number of para-hydroxylation sites is 1. The molecule has 1 amide bonds. The highest BCUT2D eigenvalue weighted by molar-refractivity contribution is 5.88. The second-order valence-corrected chi connectivity index (χ2v) is 5.98. The summed E-state index contributed by atoms with van der Waals surface area (Å²) in [6.07, 6.45) is 1.33. The standard InChI is InChI=1S/C18H15N5O4/c1-10-7-13(11(2)26-10)16-21-22-18(27-16)20-15(24)8-23-9-19-14-6-4-3-5-12(14)17(23)25/h3-7,9H,8H2,1-2H3,(H,20,22,24). The molecule has 4 rings (SSSR count). The van der Waals surface area contributed by atoms with Crippen LogP contribution in [0.2, 0.25) is 0 Å². The molecule has 3 aromatic heterocycles. The third-order valence-corrected chi connectivity index (χ3v) is 3.99. The largest absolute Gasteiger partial charge is 0.466 e. The topological polar surface area (TPSA) is 116 Å². The molecule has 0 saturated carbocycles. The molecule has 27 heavy (non-hydrogen) atoms. The fourth-order valence-corrected chi connectivity index (χ4v) is 2.76. The molecule has 0 aliphatic rings. The van der Waals surface area contributed by atoms with E-state index >= 15 is 0 Å². The number of aryl methyl sites for hydroxylation is 2. The Bertz CT molecular complexity index is 1200. The zero-order valence-corrected chi connectivity index (χ0v) is 14.6. The molecule has 0 aliphatic heterocycles. The molecule has 0 spiro atoms. The minimum Gasteiger partial charge on any atom is -0.466 e. The molecule has 1 N–H and O–H groups in total. The van der Waals surface area contributed by atoms with Crippen LogP contribution in [0, 0.1) is 13.8 Å². The van der Waals surface area contributed by atoms with Crippen LogP contribution in [0.1, 0.15) is 11.5 Å². The molecular formula is C18H15N5O4. The van der Waals surface area contributed by atoms with Gasteiger partial charge < -0.3 is 8.83 Å². The van der Waals surface area contributed by atoms with Crippen molar-refractivity contribution in [3.05, 3.63) is 58.5 Å². The summed E-state index contributed by atoms with van der Waals surface area (Å²) in [7, 11) is 0. The van der Waals surface area contributed by atoms with Crippen LogP contribution >= 0.6 is 0 Å². The molecule has 0 radical (unpaired) electrons. The van der Waals surface area contributed by atoms with Crippen molar-refractivity contribution in [3.8, 4) is 11.5 Å². The van der Waals surface area contributed by atoms with Gasteiger partial charge in [0, 0.05) is 0 Å². The third kappa shape index (κ3) is 3.22. The maximum absolute atomic E-state index is 12.4. The van der Waals surface area contributed by atoms with E-state index in [4.69, 9.17) is 8.83 Å². The Hall–Kier alpha value is -3.75. The minimum absolute atomic E-state index is 0.0601. The minimum atomic E-state index is -0.482. The zero-order valence-electron chi connectivity index (χ0n) is 14.6. The number of fused-ring (bicyclic) bond motifs is 1. The lowest BCUT2D eigenvalue weighted by atomic mass is 10.2. The third-order valence-electron chi connectivity index (χ3n) is 3.99. The summed E-state index contributed by atoms with van der Waals surface area (Å²) < 4.78 is 12.1. The van der Waals surface area contributed by atoms with Gasteiger partial charge in [0.2, 0.25) is 5.91 Å². The van der Waals surface area contributed by atoms with E-state index in [1.54, 1.807) is 37.3 Å². The number of rotatable bonds is 4. The van der Waals surface area contributed by atoms with Crippen molar-refractivity contribution in [1.29, 1.82) is 0 Å². The van der Waals surface area contributed by atoms with Crippen molar-refractivity contribution in [2.24, 2.45) is 0 Å². The smallest absolute Gasteiger partial charge is 0.322 e. The Balaban J connectivity index is 1.51. The first-order valence-corrected chi connectivity index (χ1v) is 8.16. The van der Waals surface area contributed by atoms with Crippen LogP contribution in [0.25, 0.3) is 22.4 Å². The number of furan rings is 1. The van der Waals surface area contributed by atoms with Crippen LogP contribution in [-0.4, -0.2) is 25.7 Å². The summed E-state index contributed by atoms with van der Waals surface area (Å²) in [4.78, 5) is 28.8. The van der Waals surface area contributed by atoms with E-state index in [0.717, 1.165) is 5.76 Å². The highest BCUT2D eigenvalue weighted by Gasteiger charge is 2.16. The normalized spacial score (nSPS) is 11.0. The molecule has 4 aromatic rings. The SMILES string of the molecule is Cc1cc(-c2nnc(NC(=O)Cn3cnc4ccccc4c3=O)o2)c(C)o1. The maximum atomic E-state index is 12.4. The number of nitrogens with one attached hydrogen (secondary N) is 1. The van der Waals surface area contributed by atoms with E-state index in [1.807, 2.05) is 6.92 Å². The van der Waals surface area contributed by atoms with Crippen LogP contribution in [0.5, 0.6) is 0 Å². The number of hydrogen-bond donors (Lipinski definition) is 1. The Morgan fingerprint density at radius 1 is 1.19 bits per heavy atom. The molecule has 9 nitrogen and oxygen atoms in total. The monoisotopic (exact) mass is 365 g/mol. The average Bonchev–Trinajstić information content (AvgIpc) is 3.23. The molecule has 136 valence electrons. The number of aromatic nitrogens is 4. The van der Waals surface area contributed by atoms with Crippen molar-refractivity contribution >= 4 is 22.8 Å². The number of hydrogen-bond acceptors (Lipinski definition) is 7. The second kappa shape index (κ2) is 6.52. The van der Waals surface area contributed by atoms with Crippen molar-refractivity contribution in [2.75, 3.05) is 5.32 Å². The summed E-state index contributed by atoms with van der Waals surface area (Å²) in [5, 5.41) is 10.6. The molecule has 0 aliphatic carbocycles. The summed E-state index contributed by atoms with van der Waals surface area (Å²) in [5.41, 5.74) is 0.938. The first-order valence-electron chi connectivity index (χ1n) is 8.16. The number of benzene rings is 1. The molecule has 0 unspecified atom stereocenters. The molecule has 0 bridgehead atoms. The molecule has 1 aromatic carbocycles. The van der Waals surface area contributed by atoms with Gasteiger partial charge in [-0.2, -0.15) is 0 Å². The molecule has 3 heterocycles. The first kappa shape index (κ1) is 16.7. The van der Waals surface area contributed by atoms with Gasteiger partial charge in [0.25, 0.3) is 11.4 Å². The van der Waals surface area contributed by atoms with Gasteiger partial charge in [0.05, 0.1) is 22.8 Å². The highest BCUT2D eigenvalue weighted by atomic mass is 16.4. The van der Waals surface area contributed by atoms with E-state index in [1.165, 1.54) is 10.9 Å². The van der Waals surface area contributed by atoms with Gasteiger partial charge in [-0.15, -0.1) is 5.10 Å². The van der Waals surface area contributed by atoms with Gasteiger partial charge in [-0.1, -0.05) is 17.2 Å². The van der Waals surface area contributed by atoms with Crippen LogP contribution in [0.3, 0.4) is 0 Å². The van der Waals surface area contributed by atoms with E-state index in [2.05, 4.69) is 20.5 Å². The quantitative estimate of drug-likeness (QED) is 0.590. The average molecular weight is 365 g/mol. The van der Waals surface area contributed by atoms with Gasteiger partial charge in [-0.05, 0) is 32.0 Å². The Labute approximate surface area is 152 Å². The molecule has 0 fully saturated rings. The van der Waals surface area contributed by atoms with Gasteiger partial charge in [0.15, 0.2) is 0 Å². The highest BCUT2D eigenvalue weighted by Crippen LogP contribution is 2.26. The lowest BCUT2D eigenvalue weighted by molar-refractivity contribution is -0.116. The van der Waals surface area contributed by atoms with E-state index < -0.39 is 5.91 Å². The summed E-state index contributed by atoms with van der Waals surface area (Å²) in [6.45, 7) is 3.37. The van der Waals surface area contributed by atoms with Crippen molar-refractivity contribution in [2.45, 2.75) is 20.4 Å². The molecule has 0 atom stereocenters. The lowest BCUT2D eigenvalue weighted by Crippen LogP contribution is -2.28. The molecule has 9 heteroatoms. The van der Waals surface area contributed by atoms with Gasteiger partial charge in [-0.25, -0.2) is 4.98 Å². The molecular weight excluding hydrogens is 350 g/mol. The molecule has 0 saturated heterocycles. The Morgan fingerprint density at radius 2 is 2.00 bits per heavy atom. The van der Waals surface area contributed by atoms with Crippen LogP contribution in [-0.2, 0) is 11.3 Å². The lowest BCUT2D eigenvalue weighted by Gasteiger charge is -2.05. The van der Waals surface area contributed by atoms with E-state index in [9.17, 15) is 9.59 Å². The predicted molar refractivity (Wildman–Crippen MR) is 96.1 cm³/mol. The fourth-order valence-electron chi connectivity index (χ4n) is 2.76. The van der Waals surface area contributed by atoms with Gasteiger partial charge >= 0.3 is 6.01 Å². The number of anilines is 1. The first-order chi connectivity index (χ1) is 13.0. The van der Waals surface area contributed by atoms with Gasteiger partial charge in [-0.3, -0.25) is 19.5 Å². The Kier molecular flexibility index (Phi) is 4.03. The van der Waals surface area contributed by atoms with Crippen molar-refractivity contribution in [3.63, 3.8) is 0 Å². The zero-order chi connectivity index (χ0) is 19.0. The number of nitrogens with zero attached hydrogens (tertiary/aromatic N) is 4. The van der Waals surface area contributed by atoms with Crippen LogP contribution < -0.4 is 10.9 Å². The predicted octanol–water partition coefficient (Wildman–Crippen LogP) is 2.30. The van der Waals surface area contributed by atoms with Crippen molar-refractivity contribution in [1.82, 2.24) is 19.7 Å². The van der Waals surface area contributed by atoms with E-state index in [0.29, 0.717) is 22.2 Å². The van der Waals surface area contributed by atoms with Crippen LogP contribution in [0.4, 0.5) is 6.01 Å². The maximum Gasteiger partial charge on any atom is 0.322 e. The van der Waals surface area contributed by atoms with Crippen molar-refractivity contribution < 1.29 is 13.6 Å². The number of carbonyl (C=O) groups excluding carboxylic acids is 1. The fraction of sp³-hybridized carbons (Fsp3) is 0.167. The summed E-state index contributed by atoms with van der Waals surface area (Å²) in [5.74, 6) is 1.12. The Morgan fingerprint density at radius 3 is 2.78 bits per heavy atom. The van der Waals surface area contributed by atoms with E-state index in [-0.39, 0.29) is 24.0 Å². The van der Waals surface area contributed by atoms with Crippen LogP contribution in [0.15, 0.2) is 50.3 Å². The van der Waals surface area contributed by atoms with Gasteiger partial charge in [0.1, 0.15) is 18.1 Å². The number of amides is 1. The second-order valence-electron chi connectivity index (χ2n) is 5.98.